The number of hydrogen-bond donors (Lipinski definition) is 1. The lowest BCUT2D eigenvalue weighted by atomic mass is 10.2. The van der Waals surface area contributed by atoms with Gasteiger partial charge in [0.2, 0.25) is 5.91 Å². The minimum Gasteiger partial charge on any atom is -0.353 e. The van der Waals surface area contributed by atoms with Gasteiger partial charge in [-0.1, -0.05) is 42.9 Å². The van der Waals surface area contributed by atoms with Crippen LogP contribution in [-0.2, 0) is 9.59 Å². The van der Waals surface area contributed by atoms with Crippen LogP contribution >= 0.6 is 35.3 Å². The SMILES string of the molecule is O=C(CCCN1C(=O)/C(=C\c2cccs2)SC1=S)NC1CCCC1. The Balaban J connectivity index is 1.47. The standard InChI is InChI=1S/C17H20N2O2S3/c20-15(18-12-5-1-2-6-12)8-3-9-19-16(21)14(24-17(19)22)11-13-7-4-10-23-13/h4,7,10-12H,1-3,5-6,8-9H2,(H,18,20)/b14-11+. The van der Waals surface area contributed by atoms with Gasteiger partial charge in [-0.05, 0) is 36.8 Å². The average Bonchev–Trinajstić information content (AvgIpc) is 3.27. The maximum absolute atomic E-state index is 12.4. The van der Waals surface area contributed by atoms with E-state index < -0.39 is 0 Å². The first-order valence-corrected chi connectivity index (χ1v) is 10.3. The first kappa shape index (κ1) is 17.6. The van der Waals surface area contributed by atoms with Crippen molar-refractivity contribution in [1.82, 2.24) is 10.2 Å². The smallest absolute Gasteiger partial charge is 0.266 e. The fraction of sp³-hybridized carbons (Fsp3) is 0.471. The maximum Gasteiger partial charge on any atom is 0.266 e. The molecule has 0 bridgehead atoms. The van der Waals surface area contributed by atoms with Crippen molar-refractivity contribution >= 4 is 57.5 Å². The Morgan fingerprint density at radius 3 is 2.92 bits per heavy atom. The Bertz CT molecular complexity index is 649. The van der Waals surface area contributed by atoms with E-state index in [0.29, 0.717) is 34.7 Å². The second-order valence-corrected chi connectivity index (χ2v) is 8.66. The predicted molar refractivity (Wildman–Crippen MR) is 104 cm³/mol. The molecule has 2 fully saturated rings. The normalized spacial score (nSPS) is 20.3. The van der Waals surface area contributed by atoms with E-state index in [4.69, 9.17) is 12.2 Å². The van der Waals surface area contributed by atoms with Gasteiger partial charge in [-0.3, -0.25) is 14.5 Å². The van der Waals surface area contributed by atoms with Crippen molar-refractivity contribution in [3.63, 3.8) is 0 Å². The molecule has 4 nitrogen and oxygen atoms in total. The van der Waals surface area contributed by atoms with Crippen LogP contribution in [0.2, 0.25) is 0 Å². The fourth-order valence-corrected chi connectivity index (χ4v) is 4.99. The number of hydrogen-bond acceptors (Lipinski definition) is 5. The lowest BCUT2D eigenvalue weighted by Gasteiger charge is -2.15. The molecule has 128 valence electrons. The number of rotatable bonds is 6. The van der Waals surface area contributed by atoms with Gasteiger partial charge in [-0.25, -0.2) is 0 Å². The molecule has 1 aliphatic carbocycles. The first-order valence-electron chi connectivity index (χ1n) is 8.22. The van der Waals surface area contributed by atoms with Gasteiger partial charge in [0.1, 0.15) is 4.32 Å². The number of nitrogens with one attached hydrogen (secondary N) is 1. The van der Waals surface area contributed by atoms with Crippen LogP contribution in [-0.4, -0.2) is 33.6 Å². The zero-order chi connectivity index (χ0) is 16.9. The fourth-order valence-electron chi connectivity index (χ4n) is 2.96. The Hall–Kier alpha value is -1.18. The third kappa shape index (κ3) is 4.46. The molecular weight excluding hydrogens is 360 g/mol. The molecule has 2 aliphatic rings. The van der Waals surface area contributed by atoms with Gasteiger partial charge >= 0.3 is 0 Å². The van der Waals surface area contributed by atoms with E-state index in [0.717, 1.165) is 17.7 Å². The van der Waals surface area contributed by atoms with Gasteiger partial charge in [0.15, 0.2) is 0 Å². The van der Waals surface area contributed by atoms with Crippen LogP contribution in [0.15, 0.2) is 22.4 Å². The van der Waals surface area contributed by atoms with E-state index in [1.807, 2.05) is 23.6 Å². The molecule has 0 aromatic carbocycles. The molecule has 3 rings (SSSR count). The summed E-state index contributed by atoms with van der Waals surface area (Å²) in [4.78, 5) is 27.7. The molecule has 1 aromatic rings. The summed E-state index contributed by atoms with van der Waals surface area (Å²) in [5.41, 5.74) is 0. The lowest BCUT2D eigenvalue weighted by Crippen LogP contribution is -2.34. The first-order chi connectivity index (χ1) is 11.6. The van der Waals surface area contributed by atoms with Crippen molar-refractivity contribution in [2.24, 2.45) is 0 Å². The highest BCUT2D eigenvalue weighted by Crippen LogP contribution is 2.33. The van der Waals surface area contributed by atoms with Crippen LogP contribution in [0, 0.1) is 0 Å². The van der Waals surface area contributed by atoms with Gasteiger partial charge in [0.25, 0.3) is 5.91 Å². The number of amides is 2. The molecule has 1 saturated carbocycles. The van der Waals surface area contributed by atoms with Crippen molar-refractivity contribution < 1.29 is 9.59 Å². The molecule has 2 heterocycles. The number of carbonyl (C=O) groups is 2. The second kappa shape index (κ2) is 8.27. The van der Waals surface area contributed by atoms with Gasteiger partial charge < -0.3 is 5.32 Å². The zero-order valence-electron chi connectivity index (χ0n) is 13.3. The molecule has 0 spiro atoms. The Morgan fingerprint density at radius 2 is 2.21 bits per heavy atom. The van der Waals surface area contributed by atoms with Crippen molar-refractivity contribution in [1.29, 1.82) is 0 Å². The number of thioether (sulfide) groups is 1. The third-order valence-electron chi connectivity index (χ3n) is 4.20. The number of thiophene rings is 1. The van der Waals surface area contributed by atoms with Crippen LogP contribution in [0.3, 0.4) is 0 Å². The summed E-state index contributed by atoms with van der Waals surface area (Å²) in [6.07, 6.45) is 7.56. The zero-order valence-corrected chi connectivity index (χ0v) is 15.8. The highest BCUT2D eigenvalue weighted by molar-refractivity contribution is 8.26. The van der Waals surface area contributed by atoms with Gasteiger partial charge in [0.05, 0.1) is 4.91 Å². The number of thiocarbonyl (C=S) groups is 1. The summed E-state index contributed by atoms with van der Waals surface area (Å²) in [5.74, 6) is 0.0380. The molecule has 2 amide bonds. The second-order valence-electron chi connectivity index (χ2n) is 6.00. The van der Waals surface area contributed by atoms with E-state index in [2.05, 4.69) is 5.32 Å². The molecule has 0 unspecified atom stereocenters. The largest absolute Gasteiger partial charge is 0.353 e. The van der Waals surface area contributed by atoms with Crippen molar-refractivity contribution in [3.8, 4) is 0 Å². The van der Waals surface area contributed by atoms with Crippen molar-refractivity contribution in [3.05, 3.63) is 27.3 Å². The van der Waals surface area contributed by atoms with E-state index in [1.165, 1.54) is 24.6 Å². The topological polar surface area (TPSA) is 49.4 Å². The quantitative estimate of drug-likeness (QED) is 0.603. The summed E-state index contributed by atoms with van der Waals surface area (Å²) in [6, 6.07) is 4.29. The summed E-state index contributed by atoms with van der Waals surface area (Å²) in [7, 11) is 0. The minimum absolute atomic E-state index is 0.0467. The van der Waals surface area contributed by atoms with Crippen LogP contribution in [0.5, 0.6) is 0 Å². The molecule has 1 aliphatic heterocycles. The Kier molecular flexibility index (Phi) is 6.08. The molecule has 1 aromatic heterocycles. The predicted octanol–water partition coefficient (Wildman–Crippen LogP) is 3.79. The number of nitrogens with zero attached hydrogens (tertiary/aromatic N) is 1. The Morgan fingerprint density at radius 1 is 1.42 bits per heavy atom. The van der Waals surface area contributed by atoms with Crippen LogP contribution < -0.4 is 5.32 Å². The highest BCUT2D eigenvalue weighted by Gasteiger charge is 2.31. The summed E-state index contributed by atoms with van der Waals surface area (Å²) in [5, 5.41) is 5.06. The average molecular weight is 381 g/mol. The monoisotopic (exact) mass is 380 g/mol. The van der Waals surface area contributed by atoms with Gasteiger partial charge in [-0.2, -0.15) is 0 Å². The molecule has 0 radical (unpaired) electrons. The van der Waals surface area contributed by atoms with Crippen molar-refractivity contribution in [2.75, 3.05) is 6.54 Å². The summed E-state index contributed by atoms with van der Waals surface area (Å²) in [6.45, 7) is 0.504. The maximum atomic E-state index is 12.4. The van der Waals surface area contributed by atoms with Crippen LogP contribution in [0.1, 0.15) is 43.4 Å². The van der Waals surface area contributed by atoms with E-state index in [1.54, 1.807) is 16.2 Å². The highest BCUT2D eigenvalue weighted by atomic mass is 32.2. The molecule has 1 saturated heterocycles. The molecule has 1 N–H and O–H groups in total. The van der Waals surface area contributed by atoms with E-state index in [-0.39, 0.29) is 11.8 Å². The Labute approximate surface area is 155 Å². The van der Waals surface area contributed by atoms with E-state index >= 15 is 0 Å². The minimum atomic E-state index is -0.0467. The van der Waals surface area contributed by atoms with Crippen LogP contribution in [0.4, 0.5) is 0 Å². The lowest BCUT2D eigenvalue weighted by molar-refractivity contribution is -0.124. The van der Waals surface area contributed by atoms with Gasteiger partial charge in [-0.15, -0.1) is 11.3 Å². The molecule has 7 heteroatoms. The van der Waals surface area contributed by atoms with Gasteiger partial charge in [0, 0.05) is 23.9 Å². The third-order valence-corrected chi connectivity index (χ3v) is 6.39. The summed E-state index contributed by atoms with van der Waals surface area (Å²) < 4.78 is 0.582. The molecule has 24 heavy (non-hydrogen) atoms. The summed E-state index contributed by atoms with van der Waals surface area (Å²) >= 11 is 8.25. The number of carbonyl (C=O) groups excluding carboxylic acids is 2. The molecular formula is C17H20N2O2S3. The molecule has 0 atom stereocenters. The van der Waals surface area contributed by atoms with Crippen molar-refractivity contribution in [2.45, 2.75) is 44.6 Å². The van der Waals surface area contributed by atoms with Crippen LogP contribution in [0.25, 0.3) is 6.08 Å². The van der Waals surface area contributed by atoms with E-state index in [9.17, 15) is 9.59 Å².